The first-order valence-electron chi connectivity index (χ1n) is 11.3. The fraction of sp³-hybridized carbons (Fsp3) is 0.259. The third-order valence-electron chi connectivity index (χ3n) is 6.04. The van der Waals surface area contributed by atoms with Crippen LogP contribution >= 0.6 is 0 Å². The summed E-state index contributed by atoms with van der Waals surface area (Å²) in [4.78, 5) is 2.29. The summed E-state index contributed by atoms with van der Waals surface area (Å²) >= 11 is 0. The molecule has 1 atom stereocenters. The van der Waals surface area contributed by atoms with Gasteiger partial charge in [0.05, 0.1) is 38.2 Å². The third-order valence-corrected chi connectivity index (χ3v) is 6.04. The molecule has 0 radical (unpaired) electrons. The van der Waals surface area contributed by atoms with Crippen molar-refractivity contribution in [3.05, 3.63) is 84.1 Å². The van der Waals surface area contributed by atoms with Gasteiger partial charge in [-0.25, -0.2) is 0 Å². The number of benzene rings is 3. The van der Waals surface area contributed by atoms with E-state index >= 15 is 0 Å². The Hall–Kier alpha value is -3.84. The van der Waals surface area contributed by atoms with Gasteiger partial charge in [0.1, 0.15) is 18.5 Å². The predicted octanol–water partition coefficient (Wildman–Crippen LogP) is 4.80. The lowest BCUT2D eigenvalue weighted by atomic mass is 10.1. The number of ether oxygens (including phenoxy) is 4. The van der Waals surface area contributed by atoms with Gasteiger partial charge >= 0.3 is 0 Å². The van der Waals surface area contributed by atoms with Crippen LogP contribution in [0.25, 0.3) is 10.9 Å². The molecule has 7 nitrogen and oxygen atoms in total. The minimum atomic E-state index is -0.0464. The number of methoxy groups -OCH3 is 2. The first kappa shape index (κ1) is 22.0. The second-order valence-electron chi connectivity index (χ2n) is 8.10. The summed E-state index contributed by atoms with van der Waals surface area (Å²) in [7, 11) is 3.30. The van der Waals surface area contributed by atoms with E-state index < -0.39 is 0 Å². The highest BCUT2D eigenvalue weighted by Gasteiger charge is 2.24. The molecule has 1 saturated heterocycles. The number of aromatic nitrogens is 2. The highest BCUT2D eigenvalue weighted by Crippen LogP contribution is 2.37. The molecular weight excluding hydrogens is 430 g/mol. The van der Waals surface area contributed by atoms with Crippen LogP contribution in [-0.4, -0.2) is 44.1 Å². The van der Waals surface area contributed by atoms with Gasteiger partial charge in [0.15, 0.2) is 11.5 Å². The fourth-order valence-electron chi connectivity index (χ4n) is 4.20. The van der Waals surface area contributed by atoms with Crippen LogP contribution in [0.3, 0.4) is 0 Å². The summed E-state index contributed by atoms with van der Waals surface area (Å²) in [6.07, 6.45) is 1.77. The van der Waals surface area contributed by atoms with E-state index in [1.807, 2.05) is 60.8 Å². The number of hydrogen-bond acceptors (Lipinski definition) is 7. The number of morpholine rings is 1. The number of nitrogens with zero attached hydrogens (tertiary/aromatic N) is 3. The van der Waals surface area contributed by atoms with E-state index in [2.05, 4.69) is 27.2 Å². The van der Waals surface area contributed by atoms with Gasteiger partial charge in [-0.1, -0.05) is 42.5 Å². The van der Waals surface area contributed by atoms with Crippen molar-refractivity contribution >= 4 is 16.6 Å². The van der Waals surface area contributed by atoms with E-state index in [1.54, 1.807) is 14.2 Å². The molecular formula is C27H27N3O4. The standard InChI is InChI=1S/C27H27N3O4/c1-31-21-10-8-20(9-11-21)27-17-30(12-13-33-27)24-16-28-29-23-15-25(32-2)26(14-22(23)24)34-18-19-6-4-3-5-7-19/h3-11,14-16,27H,12-13,17-18H2,1-2H3. The Kier molecular flexibility index (Phi) is 6.44. The van der Waals surface area contributed by atoms with E-state index in [4.69, 9.17) is 18.9 Å². The summed E-state index contributed by atoms with van der Waals surface area (Å²) in [5.41, 5.74) is 3.96. The van der Waals surface area contributed by atoms with Crippen LogP contribution in [0.2, 0.25) is 0 Å². The van der Waals surface area contributed by atoms with Gasteiger partial charge in [-0.2, -0.15) is 10.2 Å². The Morgan fingerprint density at radius 1 is 0.971 bits per heavy atom. The SMILES string of the molecule is COc1ccc(C2CN(c3cnnc4cc(OC)c(OCc5ccccc5)cc34)CCO2)cc1. The molecule has 4 aromatic rings. The lowest BCUT2D eigenvalue weighted by Crippen LogP contribution is -2.38. The van der Waals surface area contributed by atoms with Crippen LogP contribution < -0.4 is 19.1 Å². The Labute approximate surface area is 198 Å². The quantitative estimate of drug-likeness (QED) is 0.395. The average molecular weight is 458 g/mol. The van der Waals surface area contributed by atoms with Gasteiger partial charge in [0.25, 0.3) is 0 Å². The van der Waals surface area contributed by atoms with Crippen LogP contribution in [0, 0.1) is 0 Å². The normalized spacial score (nSPS) is 15.8. The van der Waals surface area contributed by atoms with E-state index in [0.717, 1.165) is 40.0 Å². The molecule has 0 saturated carbocycles. The van der Waals surface area contributed by atoms with Crippen molar-refractivity contribution in [1.29, 1.82) is 0 Å². The monoisotopic (exact) mass is 457 g/mol. The molecule has 0 aliphatic carbocycles. The van der Waals surface area contributed by atoms with Crippen LogP contribution in [0.5, 0.6) is 17.2 Å². The molecule has 3 aromatic carbocycles. The Bertz CT molecular complexity index is 1250. The number of rotatable bonds is 7. The molecule has 1 aromatic heterocycles. The van der Waals surface area contributed by atoms with E-state index in [1.165, 1.54) is 0 Å². The molecule has 1 aliphatic rings. The van der Waals surface area contributed by atoms with Gasteiger partial charge in [0.2, 0.25) is 0 Å². The van der Waals surface area contributed by atoms with E-state index in [-0.39, 0.29) is 6.10 Å². The highest BCUT2D eigenvalue weighted by molar-refractivity contribution is 5.93. The van der Waals surface area contributed by atoms with Crippen LogP contribution in [0.1, 0.15) is 17.2 Å². The summed E-state index contributed by atoms with van der Waals surface area (Å²) < 4.78 is 23.1. The highest BCUT2D eigenvalue weighted by atomic mass is 16.5. The molecule has 1 aliphatic heterocycles. The second-order valence-corrected chi connectivity index (χ2v) is 8.10. The summed E-state index contributed by atoms with van der Waals surface area (Å²) in [5, 5.41) is 9.57. The zero-order valence-electron chi connectivity index (χ0n) is 19.3. The van der Waals surface area contributed by atoms with Crippen LogP contribution in [-0.2, 0) is 11.3 Å². The van der Waals surface area contributed by atoms with Crippen molar-refractivity contribution in [3.63, 3.8) is 0 Å². The molecule has 34 heavy (non-hydrogen) atoms. The van der Waals surface area contributed by atoms with Crippen molar-refractivity contribution in [3.8, 4) is 17.2 Å². The molecule has 5 rings (SSSR count). The molecule has 0 spiro atoms. The lowest BCUT2D eigenvalue weighted by molar-refractivity contribution is 0.0398. The van der Waals surface area contributed by atoms with Crippen molar-refractivity contribution in [2.45, 2.75) is 12.7 Å². The first-order valence-corrected chi connectivity index (χ1v) is 11.3. The minimum Gasteiger partial charge on any atom is -0.497 e. The zero-order chi connectivity index (χ0) is 23.3. The maximum atomic E-state index is 6.15. The van der Waals surface area contributed by atoms with Gasteiger partial charge in [-0.15, -0.1) is 0 Å². The largest absolute Gasteiger partial charge is 0.497 e. The molecule has 2 heterocycles. The fourth-order valence-corrected chi connectivity index (χ4v) is 4.20. The van der Waals surface area contributed by atoms with Crippen molar-refractivity contribution < 1.29 is 18.9 Å². The van der Waals surface area contributed by atoms with Gasteiger partial charge in [-0.3, -0.25) is 0 Å². The van der Waals surface area contributed by atoms with Crippen molar-refractivity contribution in [2.75, 3.05) is 38.8 Å². The Morgan fingerprint density at radius 2 is 1.79 bits per heavy atom. The number of anilines is 1. The Balaban J connectivity index is 1.44. The maximum Gasteiger partial charge on any atom is 0.163 e. The summed E-state index contributed by atoms with van der Waals surface area (Å²) in [5.74, 6) is 2.14. The van der Waals surface area contributed by atoms with Crippen LogP contribution in [0.4, 0.5) is 5.69 Å². The zero-order valence-corrected chi connectivity index (χ0v) is 19.3. The molecule has 0 N–H and O–H groups in total. The maximum absolute atomic E-state index is 6.15. The molecule has 0 bridgehead atoms. The minimum absolute atomic E-state index is 0.0464. The molecule has 0 amide bonds. The van der Waals surface area contributed by atoms with E-state index in [0.29, 0.717) is 31.3 Å². The van der Waals surface area contributed by atoms with E-state index in [9.17, 15) is 0 Å². The smallest absolute Gasteiger partial charge is 0.163 e. The third kappa shape index (κ3) is 4.61. The molecule has 1 fully saturated rings. The van der Waals surface area contributed by atoms with Crippen molar-refractivity contribution in [1.82, 2.24) is 10.2 Å². The summed E-state index contributed by atoms with van der Waals surface area (Å²) in [6.45, 7) is 2.54. The number of hydrogen-bond donors (Lipinski definition) is 0. The molecule has 7 heteroatoms. The van der Waals surface area contributed by atoms with Gasteiger partial charge in [0, 0.05) is 24.5 Å². The average Bonchev–Trinajstić information content (AvgIpc) is 2.91. The van der Waals surface area contributed by atoms with Gasteiger partial charge < -0.3 is 23.8 Å². The van der Waals surface area contributed by atoms with Crippen molar-refractivity contribution in [2.24, 2.45) is 0 Å². The number of fused-ring (bicyclic) bond motifs is 1. The molecule has 1 unspecified atom stereocenters. The summed E-state index contributed by atoms with van der Waals surface area (Å²) in [6, 6.07) is 22.0. The first-order chi connectivity index (χ1) is 16.7. The lowest BCUT2D eigenvalue weighted by Gasteiger charge is -2.35. The molecule has 174 valence electrons. The second kappa shape index (κ2) is 9.97. The Morgan fingerprint density at radius 3 is 2.56 bits per heavy atom. The van der Waals surface area contributed by atoms with Crippen LogP contribution in [0.15, 0.2) is 72.9 Å². The van der Waals surface area contributed by atoms with Gasteiger partial charge in [-0.05, 0) is 29.3 Å². The predicted molar refractivity (Wildman–Crippen MR) is 131 cm³/mol. The topological polar surface area (TPSA) is 65.9 Å².